The maximum atomic E-state index is 12.5. The number of unbranched alkanes of at least 4 members (excludes halogenated alkanes) is 1. The van der Waals surface area contributed by atoms with Crippen molar-refractivity contribution in [3.05, 3.63) is 0 Å². The molecule has 1 unspecified atom stereocenters. The number of nitrogens with one attached hydrogen (secondary N) is 1. The van der Waals surface area contributed by atoms with E-state index in [0.717, 1.165) is 19.3 Å². The summed E-state index contributed by atoms with van der Waals surface area (Å²) in [6, 6.07) is 0. The second-order valence-corrected chi connectivity index (χ2v) is 9.32. The highest BCUT2D eigenvalue weighted by Crippen LogP contribution is 2.39. The molecule has 0 bridgehead atoms. The molecule has 8 heteroatoms. The largest absolute Gasteiger partial charge is 0.349 e. The first-order chi connectivity index (χ1) is 10.8. The molecule has 0 aromatic rings. The van der Waals surface area contributed by atoms with Gasteiger partial charge in [-0.15, -0.1) is 12.4 Å². The van der Waals surface area contributed by atoms with Crippen molar-refractivity contribution >= 4 is 28.3 Å². The molecule has 0 aromatic carbocycles. The zero-order valence-electron chi connectivity index (χ0n) is 14.8. The fourth-order valence-electron chi connectivity index (χ4n) is 3.28. The quantitative estimate of drug-likeness (QED) is 0.666. The van der Waals surface area contributed by atoms with Crippen LogP contribution in [0.25, 0.3) is 0 Å². The number of rotatable bonds is 8. The SMILES string of the molecule is CCCCS(=O)(=O)N1CCC(C(=O)NC(C)(CN)C2CC2)CC1.Cl. The summed E-state index contributed by atoms with van der Waals surface area (Å²) >= 11 is 0. The van der Waals surface area contributed by atoms with Crippen LogP contribution < -0.4 is 11.1 Å². The summed E-state index contributed by atoms with van der Waals surface area (Å²) in [5.74, 6) is 0.645. The van der Waals surface area contributed by atoms with Gasteiger partial charge in [0.15, 0.2) is 0 Å². The molecule has 3 N–H and O–H groups in total. The summed E-state index contributed by atoms with van der Waals surface area (Å²) in [6.45, 7) is 5.36. The number of hydrogen-bond donors (Lipinski definition) is 2. The molecule has 0 radical (unpaired) electrons. The van der Waals surface area contributed by atoms with Gasteiger partial charge in [-0.2, -0.15) is 0 Å². The Morgan fingerprint density at radius 1 is 1.25 bits per heavy atom. The van der Waals surface area contributed by atoms with E-state index in [1.54, 1.807) is 4.31 Å². The molecular formula is C16H32ClN3O3S. The van der Waals surface area contributed by atoms with E-state index in [1.165, 1.54) is 0 Å². The molecule has 1 saturated carbocycles. The number of nitrogens with zero attached hydrogens (tertiary/aromatic N) is 1. The number of amides is 1. The van der Waals surface area contributed by atoms with Crippen LogP contribution in [0.15, 0.2) is 0 Å². The molecule has 1 atom stereocenters. The van der Waals surface area contributed by atoms with Gasteiger partial charge in [0.2, 0.25) is 15.9 Å². The fraction of sp³-hybridized carbons (Fsp3) is 0.938. The number of piperidine rings is 1. The average Bonchev–Trinajstić information content (AvgIpc) is 3.38. The summed E-state index contributed by atoms with van der Waals surface area (Å²) in [5.41, 5.74) is 5.55. The number of halogens is 1. The van der Waals surface area contributed by atoms with Gasteiger partial charge in [-0.25, -0.2) is 12.7 Å². The van der Waals surface area contributed by atoms with Crippen LogP contribution in [0.3, 0.4) is 0 Å². The Balaban J connectivity index is 0.00000288. The lowest BCUT2D eigenvalue weighted by Gasteiger charge is -2.35. The molecule has 1 aliphatic heterocycles. The topological polar surface area (TPSA) is 92.5 Å². The Hall–Kier alpha value is -0.370. The van der Waals surface area contributed by atoms with Crippen molar-refractivity contribution in [1.29, 1.82) is 0 Å². The summed E-state index contributed by atoms with van der Waals surface area (Å²) in [6.07, 6.45) is 5.02. The Morgan fingerprint density at radius 3 is 2.29 bits per heavy atom. The van der Waals surface area contributed by atoms with Crippen LogP contribution in [0.2, 0.25) is 0 Å². The molecule has 24 heavy (non-hydrogen) atoms. The predicted octanol–water partition coefficient (Wildman–Crippen LogP) is 1.49. The Bertz CT molecular complexity index is 517. The van der Waals surface area contributed by atoms with E-state index in [-0.39, 0.29) is 35.5 Å². The van der Waals surface area contributed by atoms with E-state index in [4.69, 9.17) is 5.73 Å². The van der Waals surface area contributed by atoms with E-state index in [9.17, 15) is 13.2 Å². The average molecular weight is 382 g/mol. The van der Waals surface area contributed by atoms with Crippen molar-refractivity contribution in [1.82, 2.24) is 9.62 Å². The van der Waals surface area contributed by atoms with Crippen molar-refractivity contribution in [2.24, 2.45) is 17.6 Å². The van der Waals surface area contributed by atoms with Gasteiger partial charge in [0.05, 0.1) is 11.3 Å². The lowest BCUT2D eigenvalue weighted by atomic mass is 9.92. The first-order valence-electron chi connectivity index (χ1n) is 8.82. The molecule has 2 rings (SSSR count). The molecule has 1 amide bonds. The second-order valence-electron chi connectivity index (χ2n) is 7.23. The van der Waals surface area contributed by atoms with Crippen LogP contribution in [-0.2, 0) is 14.8 Å². The van der Waals surface area contributed by atoms with Gasteiger partial charge in [0.25, 0.3) is 0 Å². The van der Waals surface area contributed by atoms with E-state index in [0.29, 0.717) is 44.8 Å². The highest BCUT2D eigenvalue weighted by molar-refractivity contribution is 7.89. The molecule has 1 aliphatic carbocycles. The van der Waals surface area contributed by atoms with Gasteiger partial charge in [-0.1, -0.05) is 13.3 Å². The van der Waals surface area contributed by atoms with Gasteiger partial charge in [-0.3, -0.25) is 4.79 Å². The van der Waals surface area contributed by atoms with Crippen molar-refractivity contribution in [3.63, 3.8) is 0 Å². The maximum Gasteiger partial charge on any atom is 0.223 e. The van der Waals surface area contributed by atoms with Gasteiger partial charge in [-0.05, 0) is 44.9 Å². The van der Waals surface area contributed by atoms with Crippen LogP contribution in [0.4, 0.5) is 0 Å². The zero-order valence-corrected chi connectivity index (χ0v) is 16.4. The van der Waals surface area contributed by atoms with E-state index >= 15 is 0 Å². The molecule has 0 aromatic heterocycles. The first kappa shape index (κ1) is 21.7. The third-order valence-electron chi connectivity index (χ3n) is 5.29. The molecule has 1 saturated heterocycles. The summed E-state index contributed by atoms with van der Waals surface area (Å²) in [7, 11) is -3.16. The van der Waals surface area contributed by atoms with Gasteiger partial charge in [0.1, 0.15) is 0 Å². The number of hydrogen-bond acceptors (Lipinski definition) is 4. The highest BCUT2D eigenvalue weighted by Gasteiger charge is 2.42. The minimum atomic E-state index is -3.16. The summed E-state index contributed by atoms with van der Waals surface area (Å²) < 4.78 is 26.0. The highest BCUT2D eigenvalue weighted by atomic mass is 35.5. The van der Waals surface area contributed by atoms with Gasteiger partial charge >= 0.3 is 0 Å². The predicted molar refractivity (Wildman–Crippen MR) is 98.6 cm³/mol. The molecule has 2 aliphatic rings. The number of carbonyl (C=O) groups excluding carboxylic acids is 1. The summed E-state index contributed by atoms with van der Waals surface area (Å²) in [4.78, 5) is 12.5. The first-order valence-corrected chi connectivity index (χ1v) is 10.4. The third kappa shape index (κ3) is 5.31. The monoisotopic (exact) mass is 381 g/mol. The Kier molecular flexibility index (Phi) is 7.97. The van der Waals surface area contributed by atoms with Crippen LogP contribution in [0, 0.1) is 11.8 Å². The molecule has 2 fully saturated rings. The standard InChI is InChI=1S/C16H31N3O3S.ClH/c1-3-4-11-23(21,22)19-9-7-13(8-10-19)15(20)18-16(2,12-17)14-5-6-14;/h13-14H,3-12,17H2,1-2H3,(H,18,20);1H. The fourth-order valence-corrected chi connectivity index (χ4v) is 4.95. The van der Waals surface area contributed by atoms with Crippen molar-refractivity contribution in [3.8, 4) is 0 Å². The zero-order chi connectivity index (χ0) is 17.1. The summed E-state index contributed by atoms with van der Waals surface area (Å²) in [5, 5.41) is 3.13. The second kappa shape index (κ2) is 8.83. The lowest BCUT2D eigenvalue weighted by Crippen LogP contribution is -2.55. The van der Waals surface area contributed by atoms with E-state index < -0.39 is 10.0 Å². The number of carbonyl (C=O) groups is 1. The molecule has 1 heterocycles. The van der Waals surface area contributed by atoms with E-state index in [2.05, 4.69) is 5.32 Å². The molecular weight excluding hydrogens is 350 g/mol. The van der Waals surface area contributed by atoms with E-state index in [1.807, 2.05) is 13.8 Å². The molecule has 142 valence electrons. The number of sulfonamides is 1. The normalized spacial score (nSPS) is 22.5. The smallest absolute Gasteiger partial charge is 0.223 e. The minimum absolute atomic E-state index is 0. The lowest BCUT2D eigenvalue weighted by molar-refractivity contribution is -0.128. The third-order valence-corrected chi connectivity index (χ3v) is 7.24. The minimum Gasteiger partial charge on any atom is -0.349 e. The van der Waals surface area contributed by atoms with Crippen molar-refractivity contribution < 1.29 is 13.2 Å². The van der Waals surface area contributed by atoms with Crippen LogP contribution in [0.5, 0.6) is 0 Å². The van der Waals surface area contributed by atoms with Gasteiger partial charge in [0, 0.05) is 25.6 Å². The Labute approximate surface area is 152 Å². The van der Waals surface area contributed by atoms with Crippen LogP contribution >= 0.6 is 12.4 Å². The van der Waals surface area contributed by atoms with Crippen LogP contribution in [0.1, 0.15) is 52.4 Å². The van der Waals surface area contributed by atoms with Gasteiger partial charge < -0.3 is 11.1 Å². The van der Waals surface area contributed by atoms with Crippen molar-refractivity contribution in [2.75, 3.05) is 25.4 Å². The Morgan fingerprint density at radius 2 is 1.83 bits per heavy atom. The maximum absolute atomic E-state index is 12.5. The molecule has 0 spiro atoms. The molecule has 6 nitrogen and oxygen atoms in total. The van der Waals surface area contributed by atoms with Crippen LogP contribution in [-0.4, -0.2) is 49.6 Å². The number of nitrogens with two attached hydrogens (primary N) is 1. The van der Waals surface area contributed by atoms with Crippen molar-refractivity contribution in [2.45, 2.75) is 57.9 Å².